The fourth-order valence-corrected chi connectivity index (χ4v) is 3.90. The third kappa shape index (κ3) is 1.19. The Hall–Kier alpha value is 0.350. The SMILES string of the molecule is CS1(C)(C)(C)CCC1. The minimum atomic E-state index is -1.32. The van der Waals surface area contributed by atoms with Crippen molar-refractivity contribution >= 4 is 8.29 Å². The molecule has 0 saturated carbocycles. The van der Waals surface area contributed by atoms with E-state index in [2.05, 4.69) is 25.0 Å². The number of rotatable bonds is 0. The summed E-state index contributed by atoms with van der Waals surface area (Å²) in [6.07, 6.45) is 11.4. The lowest BCUT2D eigenvalue weighted by Crippen LogP contribution is -2.46. The Morgan fingerprint density at radius 3 is 1.12 bits per heavy atom. The molecule has 0 spiro atoms. The van der Waals surface area contributed by atoms with Crippen molar-refractivity contribution in [2.45, 2.75) is 6.42 Å². The molecule has 0 bridgehead atoms. The zero-order valence-corrected chi connectivity index (χ0v) is 7.35. The van der Waals surface area contributed by atoms with E-state index in [9.17, 15) is 0 Å². The zero-order chi connectivity index (χ0) is 6.53. The van der Waals surface area contributed by atoms with Crippen molar-refractivity contribution in [3.63, 3.8) is 0 Å². The molecule has 0 aromatic rings. The van der Waals surface area contributed by atoms with Crippen molar-refractivity contribution in [3.05, 3.63) is 0 Å². The molecule has 0 aromatic carbocycles. The van der Waals surface area contributed by atoms with E-state index in [1.807, 2.05) is 0 Å². The monoisotopic (exact) mass is 134 g/mol. The van der Waals surface area contributed by atoms with E-state index in [1.165, 1.54) is 17.9 Å². The van der Waals surface area contributed by atoms with Crippen LogP contribution < -0.4 is 0 Å². The van der Waals surface area contributed by atoms with Crippen molar-refractivity contribution in [1.29, 1.82) is 0 Å². The van der Waals surface area contributed by atoms with E-state index in [-0.39, 0.29) is 0 Å². The summed E-state index contributed by atoms with van der Waals surface area (Å²) in [6.45, 7) is 0. The van der Waals surface area contributed by atoms with Crippen LogP contribution in [0.1, 0.15) is 6.42 Å². The van der Waals surface area contributed by atoms with E-state index >= 15 is 0 Å². The van der Waals surface area contributed by atoms with E-state index in [0.29, 0.717) is 0 Å². The second kappa shape index (κ2) is 0.880. The Labute approximate surface area is 51.9 Å². The molecule has 0 aromatic heterocycles. The fraction of sp³-hybridized carbons (Fsp3) is 1.00. The van der Waals surface area contributed by atoms with Gasteiger partial charge in [0.15, 0.2) is 0 Å². The van der Waals surface area contributed by atoms with Gasteiger partial charge in [0.1, 0.15) is 0 Å². The molecule has 1 aliphatic heterocycles. The van der Waals surface area contributed by atoms with Gasteiger partial charge in [0.25, 0.3) is 0 Å². The van der Waals surface area contributed by atoms with Crippen molar-refractivity contribution in [2.75, 3.05) is 36.5 Å². The molecule has 0 unspecified atom stereocenters. The molecule has 8 heavy (non-hydrogen) atoms. The standard InChI is InChI=1S/C7H18S/c1-8(2,3,4)6-5-7-8/h5-7H2,1-4H3. The maximum absolute atomic E-state index is 2.49. The summed E-state index contributed by atoms with van der Waals surface area (Å²) in [6, 6.07) is 0. The van der Waals surface area contributed by atoms with Crippen molar-refractivity contribution in [2.24, 2.45) is 0 Å². The summed E-state index contributed by atoms with van der Waals surface area (Å²) < 4.78 is 0. The predicted molar refractivity (Wildman–Crippen MR) is 45.6 cm³/mol. The second-order valence-corrected chi connectivity index (χ2v) is 16.5. The highest BCUT2D eigenvalue weighted by Crippen LogP contribution is 2.84. The largest absolute Gasteiger partial charge is 0.283 e. The van der Waals surface area contributed by atoms with Crippen LogP contribution in [0, 0.1) is 0 Å². The van der Waals surface area contributed by atoms with Crippen LogP contribution in [0.4, 0.5) is 0 Å². The fourth-order valence-electron chi connectivity index (χ4n) is 1.30. The van der Waals surface area contributed by atoms with Gasteiger partial charge in [0, 0.05) is 0 Å². The first-order valence-electron chi connectivity index (χ1n) is 3.21. The maximum atomic E-state index is 2.49. The number of hydrogen-bond acceptors (Lipinski definition) is 0. The summed E-state index contributed by atoms with van der Waals surface area (Å²) in [5, 5.41) is 0. The molecule has 52 valence electrons. The van der Waals surface area contributed by atoms with Crippen LogP contribution in [0.15, 0.2) is 0 Å². The van der Waals surface area contributed by atoms with Crippen LogP contribution in [0.5, 0.6) is 0 Å². The first-order valence-corrected chi connectivity index (χ1v) is 7.63. The van der Waals surface area contributed by atoms with Crippen LogP contribution in [0.25, 0.3) is 0 Å². The Balaban J connectivity index is 2.91. The molecule has 1 rings (SSSR count). The van der Waals surface area contributed by atoms with Gasteiger partial charge in [-0.3, -0.25) is 8.29 Å². The van der Waals surface area contributed by atoms with Crippen molar-refractivity contribution in [1.82, 2.24) is 0 Å². The zero-order valence-electron chi connectivity index (χ0n) is 6.53. The second-order valence-electron chi connectivity index (χ2n) is 5.72. The molecule has 0 radical (unpaired) electrons. The first kappa shape index (κ1) is 6.47. The van der Waals surface area contributed by atoms with E-state index in [1.54, 1.807) is 0 Å². The van der Waals surface area contributed by atoms with Crippen LogP contribution >= 0.6 is 8.29 Å². The molecular weight excluding hydrogens is 116 g/mol. The van der Waals surface area contributed by atoms with E-state index in [4.69, 9.17) is 0 Å². The van der Waals surface area contributed by atoms with Crippen LogP contribution in [0.3, 0.4) is 0 Å². The molecular formula is C7H18S. The lowest BCUT2D eigenvalue weighted by molar-refractivity contribution is 0.982. The molecule has 1 saturated heterocycles. The minimum Gasteiger partial charge on any atom is -0.283 e. The average Bonchev–Trinajstić information content (AvgIpc) is 1.26. The quantitative estimate of drug-likeness (QED) is 0.474. The summed E-state index contributed by atoms with van der Waals surface area (Å²) >= 11 is 0. The molecule has 0 amide bonds. The lowest BCUT2D eigenvalue weighted by Gasteiger charge is -2.76. The van der Waals surface area contributed by atoms with Gasteiger partial charge in [0.05, 0.1) is 0 Å². The topological polar surface area (TPSA) is 0 Å². The minimum absolute atomic E-state index is 1.32. The highest BCUT2D eigenvalue weighted by Gasteiger charge is 2.48. The molecule has 0 atom stereocenters. The maximum Gasteiger partial charge on any atom is -0.0337 e. The average molecular weight is 134 g/mol. The van der Waals surface area contributed by atoms with Gasteiger partial charge in [-0.1, -0.05) is 0 Å². The highest BCUT2D eigenvalue weighted by molar-refractivity contribution is 8.63. The van der Waals surface area contributed by atoms with E-state index in [0.717, 1.165) is 0 Å². The molecule has 0 nitrogen and oxygen atoms in total. The molecule has 0 N–H and O–H groups in total. The smallest absolute Gasteiger partial charge is 0.0337 e. The normalized spacial score (nSPS) is 46.5. The lowest BCUT2D eigenvalue weighted by atomic mass is 10.5. The molecule has 1 aliphatic rings. The van der Waals surface area contributed by atoms with Gasteiger partial charge in [-0.15, -0.1) is 0 Å². The van der Waals surface area contributed by atoms with Gasteiger partial charge < -0.3 is 0 Å². The Kier molecular flexibility index (Phi) is 0.712. The highest BCUT2D eigenvalue weighted by atomic mass is 32.4. The van der Waals surface area contributed by atoms with Gasteiger partial charge in [-0.05, 0) is 42.9 Å². The van der Waals surface area contributed by atoms with Gasteiger partial charge in [-0.2, -0.15) is 0 Å². The van der Waals surface area contributed by atoms with Crippen LogP contribution in [-0.4, -0.2) is 36.5 Å². The van der Waals surface area contributed by atoms with Crippen LogP contribution in [-0.2, 0) is 0 Å². The predicted octanol–water partition coefficient (Wildman–Crippen LogP) is 1.79. The molecule has 1 heteroatoms. The first-order chi connectivity index (χ1) is 3.21. The summed E-state index contributed by atoms with van der Waals surface area (Å²) in [4.78, 5) is 0. The van der Waals surface area contributed by atoms with Crippen LogP contribution in [0.2, 0.25) is 0 Å². The molecule has 0 aliphatic carbocycles. The van der Waals surface area contributed by atoms with Gasteiger partial charge in [0.2, 0.25) is 0 Å². The van der Waals surface area contributed by atoms with Crippen molar-refractivity contribution in [3.8, 4) is 0 Å². The summed E-state index contributed by atoms with van der Waals surface area (Å²) in [5.74, 6) is 3.00. The summed E-state index contributed by atoms with van der Waals surface area (Å²) in [7, 11) is -1.32. The van der Waals surface area contributed by atoms with E-state index < -0.39 is 8.29 Å². The molecule has 1 fully saturated rings. The third-order valence-electron chi connectivity index (χ3n) is 2.21. The Morgan fingerprint density at radius 1 is 0.875 bits per heavy atom. The molecule has 1 heterocycles. The summed E-state index contributed by atoms with van der Waals surface area (Å²) in [5.41, 5.74) is 0. The number of hydrogen-bond donors (Lipinski definition) is 0. The third-order valence-corrected chi connectivity index (χ3v) is 6.63. The Bertz CT molecular complexity index is 113. The van der Waals surface area contributed by atoms with Gasteiger partial charge >= 0.3 is 0 Å². The van der Waals surface area contributed by atoms with Gasteiger partial charge in [-0.25, -0.2) is 0 Å². The Morgan fingerprint density at radius 2 is 1.12 bits per heavy atom. The van der Waals surface area contributed by atoms with Crippen molar-refractivity contribution < 1.29 is 0 Å².